The summed E-state index contributed by atoms with van der Waals surface area (Å²) in [5, 5.41) is 17.5. The Kier molecular flexibility index (Phi) is 1.49. The fourth-order valence-electron chi connectivity index (χ4n) is 0.731. The standard InChI is InChI=1S/C7H7FO2/c1-4-2-5(9)7(8)6(10)3-4/h2-3,9-10H,1H3. The van der Waals surface area contributed by atoms with Crippen molar-refractivity contribution >= 4 is 0 Å². The van der Waals surface area contributed by atoms with Gasteiger partial charge in [-0.1, -0.05) is 0 Å². The lowest BCUT2D eigenvalue weighted by Gasteiger charge is -1.98. The van der Waals surface area contributed by atoms with Crippen LogP contribution in [0, 0.1) is 12.7 Å². The van der Waals surface area contributed by atoms with Gasteiger partial charge in [0.1, 0.15) is 0 Å². The minimum absolute atomic E-state index is 0.516. The van der Waals surface area contributed by atoms with Crippen LogP contribution in [0.15, 0.2) is 12.1 Å². The van der Waals surface area contributed by atoms with E-state index in [4.69, 9.17) is 10.2 Å². The molecule has 54 valence electrons. The fraction of sp³-hybridized carbons (Fsp3) is 0.143. The summed E-state index contributed by atoms with van der Waals surface area (Å²) < 4.78 is 12.4. The molecule has 0 atom stereocenters. The van der Waals surface area contributed by atoms with E-state index in [1.165, 1.54) is 12.1 Å². The molecule has 0 saturated carbocycles. The first kappa shape index (κ1) is 6.86. The van der Waals surface area contributed by atoms with Gasteiger partial charge in [0.15, 0.2) is 11.5 Å². The zero-order chi connectivity index (χ0) is 7.72. The summed E-state index contributed by atoms with van der Waals surface area (Å²) in [7, 11) is 0. The molecule has 1 aromatic rings. The van der Waals surface area contributed by atoms with Gasteiger partial charge in [-0.05, 0) is 24.6 Å². The molecule has 2 N–H and O–H groups in total. The molecule has 0 aromatic heterocycles. The molecule has 0 unspecified atom stereocenters. The number of hydrogen-bond acceptors (Lipinski definition) is 2. The third kappa shape index (κ3) is 1.03. The molecule has 0 bridgehead atoms. The Morgan fingerprint density at radius 3 is 2.00 bits per heavy atom. The molecule has 0 fully saturated rings. The smallest absolute Gasteiger partial charge is 0.206 e. The summed E-state index contributed by atoms with van der Waals surface area (Å²) in [6.45, 7) is 1.65. The van der Waals surface area contributed by atoms with E-state index in [2.05, 4.69) is 0 Å². The second-order valence-corrected chi connectivity index (χ2v) is 2.12. The first-order chi connectivity index (χ1) is 4.61. The summed E-state index contributed by atoms with van der Waals surface area (Å²) in [5.74, 6) is -2.00. The Morgan fingerprint density at radius 1 is 1.20 bits per heavy atom. The van der Waals surface area contributed by atoms with E-state index in [1.807, 2.05) is 0 Å². The van der Waals surface area contributed by atoms with Gasteiger partial charge in [-0.15, -0.1) is 0 Å². The topological polar surface area (TPSA) is 40.5 Å². The van der Waals surface area contributed by atoms with E-state index in [1.54, 1.807) is 6.92 Å². The normalized spacial score (nSPS) is 9.80. The van der Waals surface area contributed by atoms with E-state index < -0.39 is 17.3 Å². The Labute approximate surface area is 57.6 Å². The van der Waals surface area contributed by atoms with Crippen LogP contribution >= 0.6 is 0 Å². The van der Waals surface area contributed by atoms with Gasteiger partial charge in [-0.3, -0.25) is 0 Å². The average molecular weight is 142 g/mol. The van der Waals surface area contributed by atoms with Gasteiger partial charge < -0.3 is 10.2 Å². The number of rotatable bonds is 0. The Hall–Kier alpha value is -1.25. The van der Waals surface area contributed by atoms with Crippen LogP contribution in [0.5, 0.6) is 11.5 Å². The Balaban J connectivity index is 3.31. The van der Waals surface area contributed by atoms with E-state index in [-0.39, 0.29) is 0 Å². The Bertz CT molecular complexity index is 235. The van der Waals surface area contributed by atoms with Crippen LogP contribution in [0.25, 0.3) is 0 Å². The number of halogens is 1. The van der Waals surface area contributed by atoms with Gasteiger partial charge in [0.25, 0.3) is 0 Å². The average Bonchev–Trinajstić information content (AvgIpc) is 1.82. The maximum absolute atomic E-state index is 12.4. The fourth-order valence-corrected chi connectivity index (χ4v) is 0.731. The van der Waals surface area contributed by atoms with Crippen molar-refractivity contribution in [2.75, 3.05) is 0 Å². The number of phenolic OH excluding ortho intramolecular Hbond substituents is 2. The minimum atomic E-state index is -0.967. The predicted molar refractivity (Wildman–Crippen MR) is 34.5 cm³/mol. The minimum Gasteiger partial charge on any atom is -0.505 e. The first-order valence-electron chi connectivity index (χ1n) is 2.79. The monoisotopic (exact) mass is 142 g/mol. The van der Waals surface area contributed by atoms with Crippen molar-refractivity contribution < 1.29 is 14.6 Å². The van der Waals surface area contributed by atoms with Crippen molar-refractivity contribution in [3.8, 4) is 11.5 Å². The molecule has 0 saturated heterocycles. The van der Waals surface area contributed by atoms with Crippen molar-refractivity contribution in [2.45, 2.75) is 6.92 Å². The second-order valence-electron chi connectivity index (χ2n) is 2.12. The highest BCUT2D eigenvalue weighted by Crippen LogP contribution is 2.25. The van der Waals surface area contributed by atoms with Crippen LogP contribution < -0.4 is 0 Å². The van der Waals surface area contributed by atoms with Crippen molar-refractivity contribution in [3.05, 3.63) is 23.5 Å². The molecule has 10 heavy (non-hydrogen) atoms. The van der Waals surface area contributed by atoms with E-state index in [0.717, 1.165) is 0 Å². The number of aryl methyl sites for hydroxylation is 1. The van der Waals surface area contributed by atoms with Crippen LogP contribution in [-0.4, -0.2) is 10.2 Å². The van der Waals surface area contributed by atoms with Crippen LogP contribution in [0.4, 0.5) is 4.39 Å². The SMILES string of the molecule is Cc1cc(O)c(F)c(O)c1. The molecule has 0 aliphatic rings. The molecule has 0 amide bonds. The number of aromatic hydroxyl groups is 2. The van der Waals surface area contributed by atoms with Crippen LogP contribution in [0.3, 0.4) is 0 Å². The van der Waals surface area contributed by atoms with Crippen molar-refractivity contribution in [1.82, 2.24) is 0 Å². The zero-order valence-electron chi connectivity index (χ0n) is 5.43. The summed E-state index contributed by atoms with van der Waals surface area (Å²) in [6.07, 6.45) is 0. The third-order valence-corrected chi connectivity index (χ3v) is 1.18. The second kappa shape index (κ2) is 2.17. The lowest BCUT2D eigenvalue weighted by Crippen LogP contribution is -1.79. The maximum atomic E-state index is 12.4. The highest BCUT2D eigenvalue weighted by molar-refractivity contribution is 5.37. The summed E-state index contributed by atoms with van der Waals surface area (Å²) >= 11 is 0. The molecule has 2 nitrogen and oxygen atoms in total. The molecule has 1 rings (SSSR count). The van der Waals surface area contributed by atoms with Gasteiger partial charge >= 0.3 is 0 Å². The highest BCUT2D eigenvalue weighted by Gasteiger charge is 2.05. The number of benzene rings is 1. The largest absolute Gasteiger partial charge is 0.505 e. The molecule has 3 heteroatoms. The van der Waals surface area contributed by atoms with Crippen LogP contribution in [0.2, 0.25) is 0 Å². The quantitative estimate of drug-likeness (QED) is 0.576. The molecular weight excluding hydrogens is 135 g/mol. The molecule has 0 spiro atoms. The van der Waals surface area contributed by atoms with E-state index in [9.17, 15) is 4.39 Å². The van der Waals surface area contributed by atoms with Gasteiger partial charge in [0, 0.05) is 0 Å². The molecule has 0 radical (unpaired) electrons. The first-order valence-corrected chi connectivity index (χ1v) is 2.79. The zero-order valence-corrected chi connectivity index (χ0v) is 5.43. The van der Waals surface area contributed by atoms with E-state index in [0.29, 0.717) is 5.56 Å². The maximum Gasteiger partial charge on any atom is 0.206 e. The highest BCUT2D eigenvalue weighted by atomic mass is 19.1. The third-order valence-electron chi connectivity index (χ3n) is 1.18. The molecular formula is C7H7FO2. The van der Waals surface area contributed by atoms with Crippen molar-refractivity contribution in [1.29, 1.82) is 0 Å². The summed E-state index contributed by atoms with van der Waals surface area (Å²) in [4.78, 5) is 0. The lowest BCUT2D eigenvalue weighted by molar-refractivity contribution is 0.388. The van der Waals surface area contributed by atoms with Gasteiger partial charge in [-0.2, -0.15) is 4.39 Å². The Morgan fingerprint density at radius 2 is 1.60 bits per heavy atom. The molecule has 0 aliphatic heterocycles. The molecule has 1 aromatic carbocycles. The summed E-state index contributed by atoms with van der Waals surface area (Å²) in [6, 6.07) is 2.49. The lowest BCUT2D eigenvalue weighted by atomic mass is 10.2. The molecule has 0 heterocycles. The van der Waals surface area contributed by atoms with Crippen LogP contribution in [-0.2, 0) is 0 Å². The molecule has 0 aliphatic carbocycles. The van der Waals surface area contributed by atoms with E-state index >= 15 is 0 Å². The van der Waals surface area contributed by atoms with Gasteiger partial charge in [0.2, 0.25) is 5.82 Å². The number of hydrogen-bond donors (Lipinski definition) is 2. The van der Waals surface area contributed by atoms with Gasteiger partial charge in [0.05, 0.1) is 0 Å². The predicted octanol–water partition coefficient (Wildman–Crippen LogP) is 1.55. The van der Waals surface area contributed by atoms with Gasteiger partial charge in [-0.25, -0.2) is 0 Å². The summed E-state index contributed by atoms with van der Waals surface area (Å²) in [5.41, 5.74) is 0.622. The van der Waals surface area contributed by atoms with Crippen molar-refractivity contribution in [2.24, 2.45) is 0 Å². The number of phenols is 2. The van der Waals surface area contributed by atoms with Crippen LogP contribution in [0.1, 0.15) is 5.56 Å². The van der Waals surface area contributed by atoms with Crippen molar-refractivity contribution in [3.63, 3.8) is 0 Å².